The Labute approximate surface area is 132 Å². The molecule has 7 heteroatoms. The van der Waals surface area contributed by atoms with Crippen molar-refractivity contribution in [2.75, 3.05) is 5.32 Å². The number of carbonyl (C=O) groups excluding carboxylic acids is 1. The second kappa shape index (κ2) is 6.07. The summed E-state index contributed by atoms with van der Waals surface area (Å²) >= 11 is 8.98. The molecule has 1 amide bonds. The van der Waals surface area contributed by atoms with Gasteiger partial charge in [-0.1, -0.05) is 33.6 Å². The first-order valence-electron chi connectivity index (χ1n) is 5.71. The highest BCUT2D eigenvalue weighted by Gasteiger charge is 2.34. The smallest absolute Gasteiger partial charge is 0.320 e. The molecule has 0 saturated carbocycles. The van der Waals surface area contributed by atoms with Gasteiger partial charge in [-0.25, -0.2) is 0 Å². The molecule has 2 aromatic carbocycles. The highest BCUT2D eigenvalue weighted by Crippen LogP contribution is 2.38. The molecule has 21 heavy (non-hydrogen) atoms. The Morgan fingerprint density at radius 2 is 1.71 bits per heavy atom. The molecule has 2 nitrogen and oxygen atoms in total. The van der Waals surface area contributed by atoms with Crippen LogP contribution in [0.3, 0.4) is 0 Å². The van der Waals surface area contributed by atoms with Gasteiger partial charge in [0.2, 0.25) is 0 Å². The summed E-state index contributed by atoms with van der Waals surface area (Å²) in [6.45, 7) is 0. The highest BCUT2D eigenvalue weighted by atomic mass is 79.9. The fourth-order valence-corrected chi connectivity index (χ4v) is 2.16. The summed E-state index contributed by atoms with van der Waals surface area (Å²) in [5, 5.41) is 2.04. The summed E-state index contributed by atoms with van der Waals surface area (Å²) in [6.07, 6.45) is -4.60. The van der Waals surface area contributed by atoms with Gasteiger partial charge in [0, 0.05) is 10.0 Å². The van der Waals surface area contributed by atoms with Crippen LogP contribution >= 0.6 is 27.5 Å². The highest BCUT2D eigenvalue weighted by molar-refractivity contribution is 9.10. The fourth-order valence-electron chi connectivity index (χ4n) is 1.67. The lowest BCUT2D eigenvalue weighted by Gasteiger charge is -2.15. The normalized spacial score (nSPS) is 11.3. The van der Waals surface area contributed by atoms with Crippen LogP contribution in [0, 0.1) is 0 Å². The number of hydrogen-bond acceptors (Lipinski definition) is 1. The third-order valence-corrected chi connectivity index (χ3v) is 3.51. The van der Waals surface area contributed by atoms with Gasteiger partial charge >= 0.3 is 6.18 Å². The fraction of sp³-hybridized carbons (Fsp3) is 0.0714. The minimum Gasteiger partial charge on any atom is -0.320 e. The van der Waals surface area contributed by atoms with Crippen molar-refractivity contribution < 1.29 is 18.0 Å². The lowest BCUT2D eigenvalue weighted by Crippen LogP contribution is -2.17. The zero-order valence-electron chi connectivity index (χ0n) is 10.3. The summed E-state index contributed by atoms with van der Waals surface area (Å²) in [5.41, 5.74) is -1.20. The molecule has 0 radical (unpaired) electrons. The summed E-state index contributed by atoms with van der Waals surface area (Å²) in [4.78, 5) is 12.0. The first kappa shape index (κ1) is 15.9. The molecule has 0 unspecified atom stereocenters. The number of hydrogen-bond donors (Lipinski definition) is 1. The van der Waals surface area contributed by atoms with E-state index < -0.39 is 23.3 Å². The van der Waals surface area contributed by atoms with Crippen LogP contribution < -0.4 is 5.32 Å². The first-order chi connectivity index (χ1) is 9.79. The maximum atomic E-state index is 12.9. The van der Waals surface area contributed by atoms with E-state index in [0.29, 0.717) is 0 Å². The van der Waals surface area contributed by atoms with E-state index in [1.807, 2.05) is 0 Å². The van der Waals surface area contributed by atoms with Gasteiger partial charge in [-0.2, -0.15) is 13.2 Å². The Morgan fingerprint density at radius 1 is 1.10 bits per heavy atom. The van der Waals surface area contributed by atoms with Crippen LogP contribution in [0.15, 0.2) is 46.9 Å². The van der Waals surface area contributed by atoms with Gasteiger partial charge in [0.1, 0.15) is 0 Å². The van der Waals surface area contributed by atoms with Gasteiger partial charge in [0.05, 0.1) is 16.3 Å². The van der Waals surface area contributed by atoms with Gasteiger partial charge < -0.3 is 5.32 Å². The number of rotatable bonds is 2. The third kappa shape index (κ3) is 3.77. The average Bonchev–Trinajstić information content (AvgIpc) is 2.40. The Morgan fingerprint density at radius 3 is 2.29 bits per heavy atom. The molecule has 0 bridgehead atoms. The number of carbonyl (C=O) groups is 1. The number of para-hydroxylation sites is 1. The van der Waals surface area contributed by atoms with Crippen molar-refractivity contribution in [1.29, 1.82) is 0 Å². The molecule has 0 heterocycles. The minimum atomic E-state index is -4.60. The quantitative estimate of drug-likeness (QED) is 0.747. The predicted molar refractivity (Wildman–Crippen MR) is 78.5 cm³/mol. The summed E-state index contributed by atoms with van der Waals surface area (Å²) < 4.78 is 39.5. The number of benzene rings is 2. The molecule has 2 aromatic rings. The standard InChI is InChI=1S/C14H8BrClF3NO/c15-9-6-4-8(5-7-9)13(21)20-12-10(14(17,18)19)2-1-3-11(12)16/h1-7H,(H,20,21). The largest absolute Gasteiger partial charge is 0.418 e. The Balaban J connectivity index is 2.35. The van der Waals surface area contributed by atoms with Gasteiger partial charge in [-0.15, -0.1) is 0 Å². The molecule has 1 N–H and O–H groups in total. The molecule has 0 fully saturated rings. The van der Waals surface area contributed by atoms with Crippen molar-refractivity contribution in [2.24, 2.45) is 0 Å². The average molecular weight is 379 g/mol. The topological polar surface area (TPSA) is 29.1 Å². The molecule has 0 aliphatic rings. The molecule has 0 atom stereocenters. The number of anilines is 1. The maximum absolute atomic E-state index is 12.9. The Kier molecular flexibility index (Phi) is 4.58. The molecule has 0 aliphatic heterocycles. The molecule has 2 rings (SSSR count). The molecule has 0 saturated heterocycles. The van der Waals surface area contributed by atoms with Crippen LogP contribution in [0.1, 0.15) is 15.9 Å². The van der Waals surface area contributed by atoms with Crippen LogP contribution in [-0.2, 0) is 6.18 Å². The maximum Gasteiger partial charge on any atom is 0.418 e. The second-order valence-electron chi connectivity index (χ2n) is 4.12. The number of nitrogens with one attached hydrogen (secondary N) is 1. The summed E-state index contributed by atoms with van der Waals surface area (Å²) in [7, 11) is 0. The zero-order valence-corrected chi connectivity index (χ0v) is 12.7. The lowest BCUT2D eigenvalue weighted by atomic mass is 10.1. The Hall–Kier alpha value is -1.53. The third-order valence-electron chi connectivity index (χ3n) is 2.66. The molecule has 0 spiro atoms. The van der Waals surface area contributed by atoms with E-state index in [0.717, 1.165) is 10.5 Å². The van der Waals surface area contributed by atoms with Crippen LogP contribution in [0.4, 0.5) is 18.9 Å². The van der Waals surface area contributed by atoms with Gasteiger partial charge in [0.15, 0.2) is 0 Å². The van der Waals surface area contributed by atoms with Crippen molar-refractivity contribution >= 4 is 39.1 Å². The molecule has 0 aromatic heterocycles. The van der Waals surface area contributed by atoms with Gasteiger partial charge in [-0.05, 0) is 36.4 Å². The second-order valence-corrected chi connectivity index (χ2v) is 5.44. The summed E-state index contributed by atoms with van der Waals surface area (Å²) in [5.74, 6) is -0.666. The Bertz CT molecular complexity index is 671. The van der Waals surface area contributed by atoms with E-state index >= 15 is 0 Å². The van der Waals surface area contributed by atoms with Crippen molar-refractivity contribution in [2.45, 2.75) is 6.18 Å². The van der Waals surface area contributed by atoms with E-state index in [1.54, 1.807) is 12.1 Å². The number of halogens is 5. The molecular formula is C14H8BrClF3NO. The van der Waals surface area contributed by atoms with E-state index in [-0.39, 0.29) is 10.6 Å². The van der Waals surface area contributed by atoms with E-state index in [1.165, 1.54) is 24.3 Å². The first-order valence-corrected chi connectivity index (χ1v) is 6.89. The van der Waals surface area contributed by atoms with Crippen LogP contribution in [0.2, 0.25) is 5.02 Å². The van der Waals surface area contributed by atoms with Crippen molar-refractivity contribution in [3.8, 4) is 0 Å². The van der Waals surface area contributed by atoms with E-state index in [4.69, 9.17) is 11.6 Å². The monoisotopic (exact) mass is 377 g/mol. The predicted octanol–water partition coefficient (Wildman–Crippen LogP) is 5.37. The molecular weight excluding hydrogens is 371 g/mol. The van der Waals surface area contributed by atoms with Crippen molar-refractivity contribution in [3.05, 3.63) is 63.1 Å². The summed E-state index contributed by atoms with van der Waals surface area (Å²) in [6, 6.07) is 9.54. The zero-order chi connectivity index (χ0) is 15.6. The minimum absolute atomic E-state index is 0.171. The van der Waals surface area contributed by atoms with E-state index in [9.17, 15) is 18.0 Å². The van der Waals surface area contributed by atoms with Crippen molar-refractivity contribution in [1.82, 2.24) is 0 Å². The van der Waals surface area contributed by atoms with Crippen LogP contribution in [0.5, 0.6) is 0 Å². The number of alkyl halides is 3. The van der Waals surface area contributed by atoms with Gasteiger partial charge in [-0.3, -0.25) is 4.79 Å². The number of amides is 1. The van der Waals surface area contributed by atoms with E-state index in [2.05, 4.69) is 21.2 Å². The van der Waals surface area contributed by atoms with Gasteiger partial charge in [0.25, 0.3) is 5.91 Å². The van der Waals surface area contributed by atoms with Crippen molar-refractivity contribution in [3.63, 3.8) is 0 Å². The lowest BCUT2D eigenvalue weighted by molar-refractivity contribution is -0.136. The van der Waals surface area contributed by atoms with Crippen LogP contribution in [0.25, 0.3) is 0 Å². The molecule has 0 aliphatic carbocycles. The van der Waals surface area contributed by atoms with Crippen LogP contribution in [-0.4, -0.2) is 5.91 Å². The molecule has 110 valence electrons. The SMILES string of the molecule is O=C(Nc1c(Cl)cccc1C(F)(F)F)c1ccc(Br)cc1.